The Morgan fingerprint density at radius 3 is 1.82 bits per heavy atom. The molecule has 0 aliphatic heterocycles. The third-order valence-corrected chi connectivity index (χ3v) is 3.97. The number of amides is 1. The lowest BCUT2D eigenvalue weighted by Gasteiger charge is -2.21. The monoisotopic (exact) mass is 387 g/mol. The largest absolute Gasteiger partial charge is 0.459 e. The number of carbonyl (C=O) groups is 2. The summed E-state index contributed by atoms with van der Waals surface area (Å²) in [5.74, 6) is -0.598. The Labute approximate surface area is 164 Å². The molecule has 1 N–H and O–H groups in total. The van der Waals surface area contributed by atoms with E-state index in [9.17, 15) is 9.59 Å². The van der Waals surface area contributed by atoms with Gasteiger partial charge in [0.2, 0.25) is 0 Å². The van der Waals surface area contributed by atoms with E-state index in [2.05, 4.69) is 5.32 Å². The third kappa shape index (κ3) is 7.38. The van der Waals surface area contributed by atoms with Crippen LogP contribution in [0.15, 0.2) is 60.7 Å². The molecule has 150 valence electrons. The van der Waals surface area contributed by atoms with Crippen LogP contribution in [0.3, 0.4) is 0 Å². The Hall–Kier alpha value is -2.90. The first-order chi connectivity index (χ1) is 13.6. The van der Waals surface area contributed by atoms with Gasteiger partial charge in [-0.1, -0.05) is 60.7 Å². The molecule has 0 unspecified atom stereocenters. The summed E-state index contributed by atoms with van der Waals surface area (Å²) in [7, 11) is 2.91. The number of nitrogens with one attached hydrogen (secondary N) is 1. The molecule has 2 aromatic carbocycles. The summed E-state index contributed by atoms with van der Waals surface area (Å²) in [6.07, 6.45) is -1.32. The molecule has 1 atom stereocenters. The lowest BCUT2D eigenvalue weighted by atomic mass is 10.2. The van der Waals surface area contributed by atoms with Crippen molar-refractivity contribution in [1.82, 2.24) is 5.32 Å². The van der Waals surface area contributed by atoms with Crippen molar-refractivity contribution in [3.63, 3.8) is 0 Å². The normalized spacial score (nSPS) is 11.7. The number of carbonyl (C=O) groups excluding carboxylic acids is 2. The van der Waals surface area contributed by atoms with E-state index in [0.29, 0.717) is 0 Å². The van der Waals surface area contributed by atoms with Gasteiger partial charge in [0.25, 0.3) is 0 Å². The lowest BCUT2D eigenvalue weighted by Crippen LogP contribution is -2.44. The second-order valence-electron chi connectivity index (χ2n) is 5.99. The summed E-state index contributed by atoms with van der Waals surface area (Å²) >= 11 is 0. The Morgan fingerprint density at radius 2 is 1.32 bits per heavy atom. The minimum atomic E-state index is -0.975. The molecular formula is C21H25NO6. The van der Waals surface area contributed by atoms with Crippen molar-refractivity contribution >= 4 is 12.1 Å². The summed E-state index contributed by atoms with van der Waals surface area (Å²) in [5, 5.41) is 2.53. The van der Waals surface area contributed by atoms with Gasteiger partial charge in [0.1, 0.15) is 19.3 Å². The van der Waals surface area contributed by atoms with Crippen LogP contribution in [-0.2, 0) is 37.0 Å². The first-order valence-electron chi connectivity index (χ1n) is 8.85. The maximum absolute atomic E-state index is 12.5. The van der Waals surface area contributed by atoms with Gasteiger partial charge in [0, 0.05) is 20.6 Å². The highest BCUT2D eigenvalue weighted by atomic mass is 16.7. The van der Waals surface area contributed by atoms with Crippen molar-refractivity contribution in [2.45, 2.75) is 32.0 Å². The van der Waals surface area contributed by atoms with E-state index >= 15 is 0 Å². The Bertz CT molecular complexity index is 718. The smallest absolute Gasteiger partial charge is 0.408 e. The van der Waals surface area contributed by atoms with Gasteiger partial charge in [-0.3, -0.25) is 0 Å². The van der Waals surface area contributed by atoms with Gasteiger partial charge >= 0.3 is 12.1 Å². The minimum absolute atomic E-state index is 0.0844. The highest BCUT2D eigenvalue weighted by Gasteiger charge is 2.27. The average Bonchev–Trinajstić information content (AvgIpc) is 2.75. The second-order valence-corrected chi connectivity index (χ2v) is 5.99. The van der Waals surface area contributed by atoms with E-state index in [0.717, 1.165) is 11.1 Å². The van der Waals surface area contributed by atoms with Crippen LogP contribution in [0.4, 0.5) is 4.79 Å². The minimum Gasteiger partial charge on any atom is -0.459 e. The molecule has 0 fully saturated rings. The molecule has 0 heterocycles. The zero-order valence-corrected chi connectivity index (χ0v) is 16.0. The Balaban J connectivity index is 1.93. The topological polar surface area (TPSA) is 83.1 Å². The van der Waals surface area contributed by atoms with Crippen molar-refractivity contribution in [1.29, 1.82) is 0 Å². The molecule has 0 bridgehead atoms. The number of methoxy groups -OCH3 is 2. The SMILES string of the molecule is COC(C[C@H](NC(=O)OCc1ccccc1)C(=O)OCc1ccccc1)OC. The fraction of sp³-hybridized carbons (Fsp3) is 0.333. The van der Waals surface area contributed by atoms with E-state index in [-0.39, 0.29) is 19.6 Å². The fourth-order valence-corrected chi connectivity index (χ4v) is 2.43. The number of hydrogen-bond donors (Lipinski definition) is 1. The molecular weight excluding hydrogens is 362 g/mol. The number of esters is 1. The lowest BCUT2D eigenvalue weighted by molar-refractivity contribution is -0.153. The molecule has 0 aliphatic carbocycles. The van der Waals surface area contributed by atoms with Crippen LogP contribution in [0.25, 0.3) is 0 Å². The maximum atomic E-state index is 12.5. The first kappa shape index (κ1) is 21.4. The molecule has 0 spiro atoms. The second kappa shape index (κ2) is 11.7. The molecule has 2 rings (SSSR count). The van der Waals surface area contributed by atoms with Gasteiger partial charge in [-0.25, -0.2) is 9.59 Å². The highest BCUT2D eigenvalue weighted by molar-refractivity contribution is 5.81. The van der Waals surface area contributed by atoms with Crippen LogP contribution < -0.4 is 5.32 Å². The van der Waals surface area contributed by atoms with E-state index in [1.54, 1.807) is 0 Å². The summed E-state index contributed by atoms with van der Waals surface area (Å²) in [5.41, 5.74) is 1.68. The van der Waals surface area contributed by atoms with Crippen LogP contribution in [0.5, 0.6) is 0 Å². The van der Waals surface area contributed by atoms with Gasteiger partial charge in [0.15, 0.2) is 6.29 Å². The van der Waals surface area contributed by atoms with Gasteiger partial charge < -0.3 is 24.3 Å². The fourth-order valence-electron chi connectivity index (χ4n) is 2.43. The zero-order chi connectivity index (χ0) is 20.2. The molecule has 0 radical (unpaired) electrons. The maximum Gasteiger partial charge on any atom is 0.408 e. The predicted molar refractivity (Wildman–Crippen MR) is 102 cm³/mol. The van der Waals surface area contributed by atoms with Crippen molar-refractivity contribution in [2.75, 3.05) is 14.2 Å². The van der Waals surface area contributed by atoms with Crippen molar-refractivity contribution in [3.8, 4) is 0 Å². The standard InChI is InChI=1S/C21H25NO6/c1-25-19(26-2)13-18(20(23)27-14-16-9-5-3-6-10-16)22-21(24)28-15-17-11-7-4-8-12-17/h3-12,18-19H,13-15H2,1-2H3,(H,22,24)/t18-/m0/s1. The number of alkyl carbamates (subject to hydrolysis) is 1. The summed E-state index contributed by atoms with van der Waals surface area (Å²) in [4.78, 5) is 24.6. The van der Waals surface area contributed by atoms with E-state index in [4.69, 9.17) is 18.9 Å². The van der Waals surface area contributed by atoms with Gasteiger partial charge in [0.05, 0.1) is 0 Å². The molecule has 0 aliphatic rings. The molecule has 0 aromatic heterocycles. The molecule has 7 heteroatoms. The summed E-state index contributed by atoms with van der Waals surface area (Å²) in [6, 6.07) is 17.5. The van der Waals surface area contributed by atoms with Crippen molar-refractivity contribution in [2.24, 2.45) is 0 Å². The van der Waals surface area contributed by atoms with Crippen LogP contribution in [0.2, 0.25) is 0 Å². The van der Waals surface area contributed by atoms with Crippen molar-refractivity contribution < 1.29 is 28.5 Å². The quantitative estimate of drug-likeness (QED) is 0.498. The van der Waals surface area contributed by atoms with E-state index < -0.39 is 24.4 Å². The molecule has 28 heavy (non-hydrogen) atoms. The van der Waals surface area contributed by atoms with Crippen LogP contribution in [0, 0.1) is 0 Å². The Kier molecular flexibility index (Phi) is 8.97. The summed E-state index contributed by atoms with van der Waals surface area (Å²) < 4.78 is 20.8. The van der Waals surface area contributed by atoms with Gasteiger partial charge in [-0.15, -0.1) is 0 Å². The molecule has 1 amide bonds. The van der Waals surface area contributed by atoms with Crippen molar-refractivity contribution in [3.05, 3.63) is 71.8 Å². The molecule has 0 saturated heterocycles. The van der Waals surface area contributed by atoms with Crippen LogP contribution >= 0.6 is 0 Å². The van der Waals surface area contributed by atoms with E-state index in [1.807, 2.05) is 60.7 Å². The number of hydrogen-bond acceptors (Lipinski definition) is 6. The first-order valence-corrected chi connectivity index (χ1v) is 8.85. The van der Waals surface area contributed by atoms with Gasteiger partial charge in [-0.05, 0) is 11.1 Å². The predicted octanol–water partition coefficient (Wildman–Crippen LogP) is 3.03. The van der Waals surface area contributed by atoms with Gasteiger partial charge in [-0.2, -0.15) is 0 Å². The average molecular weight is 387 g/mol. The third-order valence-electron chi connectivity index (χ3n) is 3.97. The van der Waals surface area contributed by atoms with Crippen LogP contribution in [0.1, 0.15) is 17.5 Å². The Morgan fingerprint density at radius 1 is 0.821 bits per heavy atom. The number of rotatable bonds is 10. The molecule has 7 nitrogen and oxygen atoms in total. The highest BCUT2D eigenvalue weighted by Crippen LogP contribution is 2.09. The zero-order valence-electron chi connectivity index (χ0n) is 16.0. The number of benzene rings is 2. The molecule has 0 saturated carbocycles. The number of ether oxygens (including phenoxy) is 4. The van der Waals surface area contributed by atoms with Crippen LogP contribution in [-0.4, -0.2) is 38.6 Å². The summed E-state index contributed by atoms with van der Waals surface area (Å²) in [6.45, 7) is 0.192. The molecule has 2 aromatic rings. The van der Waals surface area contributed by atoms with E-state index in [1.165, 1.54) is 14.2 Å².